The van der Waals surface area contributed by atoms with Crippen molar-refractivity contribution in [1.29, 1.82) is 0 Å². The average Bonchev–Trinajstić information content (AvgIpc) is 2.45. The lowest BCUT2D eigenvalue weighted by Crippen LogP contribution is -2.24. The number of fused-ring (bicyclic) bond motifs is 1. The minimum Gasteiger partial charge on any atom is -0.475 e. The topological polar surface area (TPSA) is 75.6 Å². The summed E-state index contributed by atoms with van der Waals surface area (Å²) >= 11 is 0. The molecule has 0 spiro atoms. The summed E-state index contributed by atoms with van der Waals surface area (Å²) in [6.07, 6.45) is -4.10. The van der Waals surface area contributed by atoms with Crippen LogP contribution in [0.2, 0.25) is 0 Å². The van der Waals surface area contributed by atoms with Gasteiger partial charge in [-0.05, 0) is 42.6 Å². The first kappa shape index (κ1) is 18.0. The van der Waals surface area contributed by atoms with Crippen molar-refractivity contribution < 1.29 is 32.6 Å². The number of methoxy groups -OCH3 is 1. The minimum atomic E-state index is -5.08. The second-order valence-electron chi connectivity index (χ2n) is 4.66. The highest BCUT2D eigenvalue weighted by atomic mass is 19.4. The van der Waals surface area contributed by atoms with E-state index in [0.717, 1.165) is 25.1 Å². The van der Waals surface area contributed by atoms with E-state index in [2.05, 4.69) is 11.4 Å². The van der Waals surface area contributed by atoms with Gasteiger partial charge >= 0.3 is 18.1 Å². The molecule has 1 aromatic rings. The van der Waals surface area contributed by atoms with Crippen LogP contribution in [0.15, 0.2) is 12.1 Å². The Hall–Kier alpha value is -2.09. The van der Waals surface area contributed by atoms with Gasteiger partial charge in [0.2, 0.25) is 0 Å². The first-order valence-electron chi connectivity index (χ1n) is 6.38. The quantitative estimate of drug-likeness (QED) is 0.775. The van der Waals surface area contributed by atoms with Gasteiger partial charge in [-0.2, -0.15) is 13.2 Å². The first-order valence-corrected chi connectivity index (χ1v) is 6.38. The van der Waals surface area contributed by atoms with Crippen molar-refractivity contribution >= 4 is 11.9 Å². The summed E-state index contributed by atoms with van der Waals surface area (Å²) in [7, 11) is 1.42. The van der Waals surface area contributed by atoms with Crippen molar-refractivity contribution in [2.45, 2.75) is 26.1 Å². The number of carbonyl (C=O) groups excluding carboxylic acids is 1. The molecule has 0 aliphatic carbocycles. The summed E-state index contributed by atoms with van der Waals surface area (Å²) in [6.45, 7) is 3.83. The lowest BCUT2D eigenvalue weighted by Gasteiger charge is -2.18. The standard InChI is InChI=1S/C12H15NO2.C2HF3O2/c1-8-5-10-7-13-4-3-9(10)6-11(8)12(14)15-2;3-2(4,5)1(6)7/h5-6,13H,3-4,7H2,1-2H3;(H,6,7). The number of carbonyl (C=O) groups is 2. The number of ether oxygens (including phenoxy) is 1. The molecule has 5 nitrogen and oxygen atoms in total. The van der Waals surface area contributed by atoms with E-state index >= 15 is 0 Å². The van der Waals surface area contributed by atoms with Gasteiger partial charge in [0, 0.05) is 6.54 Å². The number of esters is 1. The fourth-order valence-corrected chi connectivity index (χ4v) is 1.99. The average molecular weight is 319 g/mol. The number of hydrogen-bond acceptors (Lipinski definition) is 4. The van der Waals surface area contributed by atoms with Crippen molar-refractivity contribution in [3.63, 3.8) is 0 Å². The van der Waals surface area contributed by atoms with Gasteiger partial charge < -0.3 is 15.2 Å². The molecule has 0 fully saturated rings. The highest BCUT2D eigenvalue weighted by Gasteiger charge is 2.38. The van der Waals surface area contributed by atoms with Gasteiger partial charge in [-0.15, -0.1) is 0 Å². The third-order valence-electron chi connectivity index (χ3n) is 3.08. The molecule has 0 aromatic heterocycles. The van der Waals surface area contributed by atoms with Gasteiger partial charge in [0.1, 0.15) is 0 Å². The van der Waals surface area contributed by atoms with Gasteiger partial charge in [-0.1, -0.05) is 6.07 Å². The van der Waals surface area contributed by atoms with Crippen LogP contribution in [-0.2, 0) is 22.5 Å². The van der Waals surface area contributed by atoms with Gasteiger partial charge in [0.05, 0.1) is 12.7 Å². The van der Waals surface area contributed by atoms with Gasteiger partial charge in [0.15, 0.2) is 0 Å². The molecule has 0 saturated heterocycles. The third kappa shape index (κ3) is 4.73. The molecule has 0 bridgehead atoms. The van der Waals surface area contributed by atoms with Crippen molar-refractivity contribution in [3.8, 4) is 0 Å². The van der Waals surface area contributed by atoms with Crippen LogP contribution >= 0.6 is 0 Å². The number of aryl methyl sites for hydroxylation is 1. The zero-order valence-electron chi connectivity index (χ0n) is 12.1. The smallest absolute Gasteiger partial charge is 0.475 e. The summed E-state index contributed by atoms with van der Waals surface area (Å²) in [5, 5.41) is 10.4. The Bertz CT molecular complexity index is 570. The maximum absolute atomic E-state index is 11.5. The molecule has 8 heteroatoms. The van der Waals surface area contributed by atoms with Crippen LogP contribution in [0.4, 0.5) is 13.2 Å². The number of hydrogen-bond donors (Lipinski definition) is 2. The lowest BCUT2D eigenvalue weighted by atomic mass is 9.95. The van der Waals surface area contributed by atoms with E-state index in [1.165, 1.54) is 18.2 Å². The summed E-state index contributed by atoms with van der Waals surface area (Å²) in [5.74, 6) is -3.00. The molecule has 0 radical (unpaired) electrons. The number of aliphatic carboxylic acids is 1. The van der Waals surface area contributed by atoms with E-state index in [0.29, 0.717) is 5.56 Å². The highest BCUT2D eigenvalue weighted by Crippen LogP contribution is 2.20. The summed E-state index contributed by atoms with van der Waals surface area (Å²) in [4.78, 5) is 20.4. The van der Waals surface area contributed by atoms with Gasteiger partial charge in [-0.3, -0.25) is 0 Å². The highest BCUT2D eigenvalue weighted by molar-refractivity contribution is 5.91. The molecule has 0 saturated carbocycles. The molecular weight excluding hydrogens is 303 g/mol. The number of alkyl halides is 3. The van der Waals surface area contributed by atoms with Crippen LogP contribution in [-0.4, -0.2) is 36.9 Å². The third-order valence-corrected chi connectivity index (χ3v) is 3.08. The number of rotatable bonds is 1. The predicted molar refractivity (Wildman–Crippen MR) is 71.6 cm³/mol. The van der Waals surface area contributed by atoms with Gasteiger partial charge in [-0.25, -0.2) is 9.59 Å². The molecule has 22 heavy (non-hydrogen) atoms. The molecule has 2 rings (SSSR count). The largest absolute Gasteiger partial charge is 0.490 e. The van der Waals surface area contributed by atoms with Crippen LogP contribution in [0.25, 0.3) is 0 Å². The zero-order valence-corrected chi connectivity index (χ0v) is 12.1. The molecular formula is C14H16F3NO4. The molecule has 1 aliphatic rings. The van der Waals surface area contributed by atoms with Crippen LogP contribution in [0.1, 0.15) is 27.0 Å². The summed E-state index contributed by atoms with van der Waals surface area (Å²) in [5.41, 5.74) is 4.24. The fourth-order valence-electron chi connectivity index (χ4n) is 1.99. The van der Waals surface area contributed by atoms with Crippen LogP contribution in [0.5, 0.6) is 0 Å². The van der Waals surface area contributed by atoms with Crippen molar-refractivity contribution in [1.82, 2.24) is 5.32 Å². The second-order valence-corrected chi connectivity index (χ2v) is 4.66. The van der Waals surface area contributed by atoms with E-state index in [1.807, 2.05) is 13.0 Å². The van der Waals surface area contributed by atoms with E-state index in [-0.39, 0.29) is 5.97 Å². The van der Waals surface area contributed by atoms with Crippen LogP contribution in [0, 0.1) is 6.92 Å². The number of benzene rings is 1. The molecule has 2 N–H and O–H groups in total. The molecule has 1 aliphatic heterocycles. The van der Waals surface area contributed by atoms with Crippen LogP contribution < -0.4 is 5.32 Å². The summed E-state index contributed by atoms with van der Waals surface area (Å²) < 4.78 is 36.5. The fraction of sp³-hybridized carbons (Fsp3) is 0.429. The normalized spacial score (nSPS) is 13.5. The molecule has 1 heterocycles. The number of halogens is 3. The van der Waals surface area contributed by atoms with Crippen molar-refractivity contribution in [3.05, 3.63) is 34.4 Å². The summed E-state index contributed by atoms with van der Waals surface area (Å²) in [6, 6.07) is 4.05. The van der Waals surface area contributed by atoms with Crippen molar-refractivity contribution in [2.75, 3.05) is 13.7 Å². The molecule has 0 unspecified atom stereocenters. The monoisotopic (exact) mass is 319 g/mol. The van der Waals surface area contributed by atoms with E-state index in [4.69, 9.17) is 14.6 Å². The maximum Gasteiger partial charge on any atom is 0.490 e. The van der Waals surface area contributed by atoms with Gasteiger partial charge in [0.25, 0.3) is 0 Å². The Labute approximate surface area is 125 Å². The van der Waals surface area contributed by atoms with E-state index in [9.17, 15) is 18.0 Å². The van der Waals surface area contributed by atoms with Crippen LogP contribution in [0.3, 0.4) is 0 Å². The Kier molecular flexibility index (Phi) is 5.92. The SMILES string of the molecule is COC(=O)c1cc2c(cc1C)CNCC2.O=C(O)C(F)(F)F. The van der Waals surface area contributed by atoms with Crippen molar-refractivity contribution in [2.24, 2.45) is 0 Å². The number of carboxylic acids is 1. The first-order chi connectivity index (χ1) is 10.2. The van der Waals surface area contributed by atoms with E-state index < -0.39 is 12.1 Å². The lowest BCUT2D eigenvalue weighted by molar-refractivity contribution is -0.192. The zero-order chi connectivity index (χ0) is 16.9. The molecule has 122 valence electrons. The number of nitrogens with one attached hydrogen (secondary N) is 1. The minimum absolute atomic E-state index is 0.242. The van der Waals surface area contributed by atoms with E-state index in [1.54, 1.807) is 0 Å². The molecule has 0 amide bonds. The Balaban J connectivity index is 0.000000295. The second kappa shape index (κ2) is 7.26. The number of carboxylic acid groups (broad SMARTS) is 1. The Morgan fingerprint density at radius 1 is 1.27 bits per heavy atom. The Morgan fingerprint density at radius 2 is 1.86 bits per heavy atom. The molecule has 1 aromatic carbocycles. The maximum atomic E-state index is 11.5. The Morgan fingerprint density at radius 3 is 2.36 bits per heavy atom. The predicted octanol–water partition coefficient (Wildman–Crippen LogP) is 2.06. The molecule has 0 atom stereocenters.